The first-order valence-corrected chi connectivity index (χ1v) is 7.34. The molecule has 22 heavy (non-hydrogen) atoms. The number of carbonyl (C=O) groups is 1. The Morgan fingerprint density at radius 2 is 1.77 bits per heavy atom. The van der Waals surface area contributed by atoms with Gasteiger partial charge in [-0.3, -0.25) is 0 Å². The van der Waals surface area contributed by atoms with Crippen molar-refractivity contribution in [2.45, 2.75) is 26.1 Å². The Hall–Kier alpha value is -2.49. The Kier molecular flexibility index (Phi) is 3.75. The number of ether oxygens (including phenoxy) is 2. The second kappa shape index (κ2) is 5.72. The van der Waals surface area contributed by atoms with E-state index < -0.39 is 6.23 Å². The van der Waals surface area contributed by atoms with E-state index in [-0.39, 0.29) is 12.0 Å². The quantitative estimate of drug-likeness (QED) is 0.808. The summed E-state index contributed by atoms with van der Waals surface area (Å²) < 4.78 is 10.9. The molecule has 0 amide bonds. The number of para-hydroxylation sites is 1. The highest BCUT2D eigenvalue weighted by Gasteiger charge is 2.34. The third-order valence-corrected chi connectivity index (χ3v) is 3.83. The fraction of sp³-hybridized carbons (Fsp3) is 0.278. The van der Waals surface area contributed by atoms with Gasteiger partial charge in [0.2, 0.25) is 6.23 Å². The van der Waals surface area contributed by atoms with Crippen molar-refractivity contribution in [3.63, 3.8) is 0 Å². The maximum Gasteiger partial charge on any atom is 0.342 e. The lowest BCUT2D eigenvalue weighted by Crippen LogP contribution is -2.41. The van der Waals surface area contributed by atoms with Crippen LogP contribution in [0.2, 0.25) is 0 Å². The van der Waals surface area contributed by atoms with Gasteiger partial charge < -0.3 is 14.4 Å². The van der Waals surface area contributed by atoms with Crippen LogP contribution in [0, 0.1) is 0 Å². The van der Waals surface area contributed by atoms with Gasteiger partial charge in [-0.15, -0.1) is 0 Å². The number of fused-ring (bicyclic) bond motifs is 1. The average Bonchev–Trinajstić information content (AvgIpc) is 2.54. The third-order valence-electron chi connectivity index (χ3n) is 3.83. The number of benzene rings is 2. The van der Waals surface area contributed by atoms with Gasteiger partial charge in [-0.2, -0.15) is 0 Å². The number of hydrogen-bond acceptors (Lipinski definition) is 4. The molecule has 0 bridgehead atoms. The van der Waals surface area contributed by atoms with E-state index in [1.165, 1.54) is 0 Å². The first-order chi connectivity index (χ1) is 10.6. The summed E-state index contributed by atoms with van der Waals surface area (Å²) in [5.41, 5.74) is 2.45. The molecule has 4 nitrogen and oxygen atoms in total. The molecule has 0 N–H and O–H groups in total. The Bertz CT molecular complexity index is 679. The van der Waals surface area contributed by atoms with Crippen molar-refractivity contribution in [1.29, 1.82) is 0 Å². The van der Waals surface area contributed by atoms with Crippen molar-refractivity contribution in [3.8, 4) is 5.75 Å². The molecule has 1 aliphatic rings. The van der Waals surface area contributed by atoms with E-state index in [0.717, 1.165) is 17.0 Å². The number of carbonyl (C=O) groups excluding carboxylic acids is 1. The third kappa shape index (κ3) is 2.41. The zero-order valence-corrected chi connectivity index (χ0v) is 12.9. The fourth-order valence-corrected chi connectivity index (χ4v) is 2.77. The minimum absolute atomic E-state index is 0.196. The van der Waals surface area contributed by atoms with Crippen LogP contribution in [-0.2, 0) is 4.74 Å². The summed E-state index contributed by atoms with van der Waals surface area (Å²) in [6, 6.07) is 15.4. The molecule has 1 heterocycles. The number of nitrogens with zero attached hydrogens (tertiary/aromatic N) is 1. The molecule has 4 heteroatoms. The van der Waals surface area contributed by atoms with Gasteiger partial charge in [0.1, 0.15) is 5.75 Å². The Morgan fingerprint density at radius 1 is 1.09 bits per heavy atom. The molecule has 0 radical (unpaired) electrons. The molecule has 1 aliphatic heterocycles. The van der Waals surface area contributed by atoms with Crippen LogP contribution in [0.3, 0.4) is 0 Å². The van der Waals surface area contributed by atoms with Crippen LogP contribution in [-0.4, -0.2) is 19.1 Å². The molecule has 1 unspecified atom stereocenters. The molecule has 0 fully saturated rings. The van der Waals surface area contributed by atoms with E-state index in [0.29, 0.717) is 5.56 Å². The highest BCUT2D eigenvalue weighted by molar-refractivity contribution is 5.97. The molecule has 114 valence electrons. The van der Waals surface area contributed by atoms with Crippen LogP contribution in [0.4, 0.5) is 5.69 Å². The van der Waals surface area contributed by atoms with E-state index in [1.807, 2.05) is 42.5 Å². The summed E-state index contributed by atoms with van der Waals surface area (Å²) in [7, 11) is 1.63. The molecule has 0 saturated carbocycles. The zero-order valence-electron chi connectivity index (χ0n) is 12.9. The van der Waals surface area contributed by atoms with Gasteiger partial charge in [0.15, 0.2) is 0 Å². The summed E-state index contributed by atoms with van der Waals surface area (Å²) in [6.45, 7) is 4.18. The summed E-state index contributed by atoms with van der Waals surface area (Å²) in [5.74, 6) is 0.496. The molecule has 0 spiro atoms. The lowest BCUT2D eigenvalue weighted by Gasteiger charge is -2.40. The summed E-state index contributed by atoms with van der Waals surface area (Å²) in [5, 5.41) is 0. The Labute approximate surface area is 130 Å². The van der Waals surface area contributed by atoms with Crippen LogP contribution in [0.25, 0.3) is 0 Å². The summed E-state index contributed by atoms with van der Waals surface area (Å²) >= 11 is 0. The van der Waals surface area contributed by atoms with E-state index in [2.05, 4.69) is 18.7 Å². The average molecular weight is 297 g/mol. The number of anilines is 1. The molecular formula is C18H19NO3. The highest BCUT2D eigenvalue weighted by atomic mass is 16.6. The standard InChI is InChI=1S/C18H19NO3/c1-12(2)19-16-7-5-4-6-15(16)18(20)22-17(19)13-8-10-14(21-3)11-9-13/h4-12,17H,1-3H3. The number of methoxy groups -OCH3 is 1. The molecule has 2 aromatic carbocycles. The van der Waals surface area contributed by atoms with Gasteiger partial charge in [-0.05, 0) is 50.2 Å². The van der Waals surface area contributed by atoms with Crippen molar-refractivity contribution < 1.29 is 14.3 Å². The Morgan fingerprint density at radius 3 is 2.41 bits per heavy atom. The van der Waals surface area contributed by atoms with E-state index in [4.69, 9.17) is 9.47 Å². The highest BCUT2D eigenvalue weighted by Crippen LogP contribution is 2.38. The molecule has 2 aromatic rings. The van der Waals surface area contributed by atoms with Crippen LogP contribution in [0.1, 0.15) is 36.0 Å². The second-order valence-corrected chi connectivity index (χ2v) is 5.55. The minimum Gasteiger partial charge on any atom is -0.497 e. The topological polar surface area (TPSA) is 38.8 Å². The van der Waals surface area contributed by atoms with Gasteiger partial charge in [0.05, 0.1) is 18.4 Å². The lowest BCUT2D eigenvalue weighted by atomic mass is 10.0. The maximum atomic E-state index is 12.3. The summed E-state index contributed by atoms with van der Waals surface area (Å²) in [4.78, 5) is 14.4. The van der Waals surface area contributed by atoms with E-state index >= 15 is 0 Å². The van der Waals surface area contributed by atoms with Gasteiger partial charge in [0.25, 0.3) is 0 Å². The molecular weight excluding hydrogens is 278 g/mol. The van der Waals surface area contributed by atoms with E-state index in [9.17, 15) is 4.79 Å². The smallest absolute Gasteiger partial charge is 0.342 e. The fourth-order valence-electron chi connectivity index (χ4n) is 2.77. The van der Waals surface area contributed by atoms with Gasteiger partial charge in [-0.25, -0.2) is 4.79 Å². The predicted molar refractivity (Wildman–Crippen MR) is 85.2 cm³/mol. The van der Waals surface area contributed by atoms with Crippen molar-refractivity contribution in [3.05, 3.63) is 59.7 Å². The number of hydrogen-bond donors (Lipinski definition) is 0. The first-order valence-electron chi connectivity index (χ1n) is 7.34. The van der Waals surface area contributed by atoms with Gasteiger partial charge in [-0.1, -0.05) is 12.1 Å². The Balaban J connectivity index is 2.05. The van der Waals surface area contributed by atoms with Crippen molar-refractivity contribution >= 4 is 11.7 Å². The van der Waals surface area contributed by atoms with Crippen molar-refractivity contribution in [2.75, 3.05) is 12.0 Å². The number of esters is 1. The minimum atomic E-state index is -0.423. The van der Waals surface area contributed by atoms with Gasteiger partial charge in [0, 0.05) is 11.6 Å². The monoisotopic (exact) mass is 297 g/mol. The number of cyclic esters (lactones) is 1. The second-order valence-electron chi connectivity index (χ2n) is 5.55. The van der Waals surface area contributed by atoms with Crippen LogP contribution < -0.4 is 9.64 Å². The van der Waals surface area contributed by atoms with Crippen LogP contribution in [0.5, 0.6) is 5.75 Å². The summed E-state index contributed by atoms with van der Waals surface area (Å²) in [6.07, 6.45) is -0.423. The van der Waals surface area contributed by atoms with E-state index in [1.54, 1.807) is 13.2 Å². The number of rotatable bonds is 3. The largest absolute Gasteiger partial charge is 0.497 e. The maximum absolute atomic E-state index is 12.3. The van der Waals surface area contributed by atoms with Crippen LogP contribution in [0.15, 0.2) is 48.5 Å². The van der Waals surface area contributed by atoms with Crippen LogP contribution >= 0.6 is 0 Å². The molecule has 3 rings (SSSR count). The lowest BCUT2D eigenvalue weighted by molar-refractivity contribution is 0.0234. The molecule has 0 aliphatic carbocycles. The normalized spacial score (nSPS) is 17.2. The van der Waals surface area contributed by atoms with Gasteiger partial charge >= 0.3 is 5.97 Å². The van der Waals surface area contributed by atoms with Crippen molar-refractivity contribution in [2.24, 2.45) is 0 Å². The molecule has 0 aromatic heterocycles. The van der Waals surface area contributed by atoms with Crippen molar-refractivity contribution in [1.82, 2.24) is 0 Å². The molecule has 0 saturated heterocycles. The predicted octanol–water partition coefficient (Wildman–Crippen LogP) is 3.78. The zero-order chi connectivity index (χ0) is 15.7. The molecule has 1 atom stereocenters. The first kappa shape index (κ1) is 14.4. The SMILES string of the molecule is COc1ccc(C2OC(=O)c3ccccc3N2C(C)C)cc1.